The highest BCUT2D eigenvalue weighted by Gasteiger charge is 2.32. The van der Waals surface area contributed by atoms with E-state index in [0.717, 1.165) is 0 Å². The average molecular weight is 392 g/mol. The SMILES string of the molecule is CCOCn1cc(NC(=O)C2CCN(S(=O)(=O)c3ccccc3)CC2)cn1. The van der Waals surface area contributed by atoms with Gasteiger partial charge in [0.1, 0.15) is 6.73 Å². The molecule has 0 radical (unpaired) electrons. The fourth-order valence-corrected chi connectivity index (χ4v) is 4.52. The van der Waals surface area contributed by atoms with E-state index < -0.39 is 10.0 Å². The number of aromatic nitrogens is 2. The van der Waals surface area contributed by atoms with Gasteiger partial charge in [0.15, 0.2) is 0 Å². The molecule has 9 heteroatoms. The van der Waals surface area contributed by atoms with E-state index in [1.807, 2.05) is 6.92 Å². The molecule has 2 aromatic rings. The van der Waals surface area contributed by atoms with Gasteiger partial charge in [-0.1, -0.05) is 18.2 Å². The third kappa shape index (κ3) is 4.74. The van der Waals surface area contributed by atoms with Gasteiger partial charge in [0.05, 0.1) is 23.0 Å². The van der Waals surface area contributed by atoms with Crippen LogP contribution in [-0.2, 0) is 26.3 Å². The Morgan fingerprint density at radius 2 is 1.96 bits per heavy atom. The molecule has 146 valence electrons. The minimum absolute atomic E-state index is 0.109. The molecular weight excluding hydrogens is 368 g/mol. The van der Waals surface area contributed by atoms with Crippen molar-refractivity contribution in [2.75, 3.05) is 25.0 Å². The molecule has 1 amide bonds. The highest BCUT2D eigenvalue weighted by molar-refractivity contribution is 7.89. The van der Waals surface area contributed by atoms with Crippen LogP contribution in [0.2, 0.25) is 0 Å². The molecule has 1 aromatic carbocycles. The monoisotopic (exact) mass is 392 g/mol. The molecule has 0 unspecified atom stereocenters. The quantitative estimate of drug-likeness (QED) is 0.777. The third-order valence-electron chi connectivity index (χ3n) is 4.53. The van der Waals surface area contributed by atoms with Gasteiger partial charge in [0.25, 0.3) is 0 Å². The predicted octanol–water partition coefficient (Wildman–Crippen LogP) is 1.92. The molecule has 1 aromatic heterocycles. The molecule has 0 spiro atoms. The maximum Gasteiger partial charge on any atom is 0.243 e. The van der Waals surface area contributed by atoms with Crippen LogP contribution in [0.15, 0.2) is 47.6 Å². The molecule has 1 aliphatic rings. The molecule has 27 heavy (non-hydrogen) atoms. The number of nitrogens with zero attached hydrogens (tertiary/aromatic N) is 3. The van der Waals surface area contributed by atoms with Crippen LogP contribution in [0.25, 0.3) is 0 Å². The van der Waals surface area contributed by atoms with Crippen molar-refractivity contribution in [2.24, 2.45) is 5.92 Å². The molecular formula is C18H24N4O4S. The van der Waals surface area contributed by atoms with E-state index in [0.29, 0.717) is 45.0 Å². The number of piperidine rings is 1. The van der Waals surface area contributed by atoms with Crippen LogP contribution in [-0.4, -0.2) is 48.1 Å². The van der Waals surface area contributed by atoms with Gasteiger partial charge in [-0.15, -0.1) is 0 Å². The number of hydrogen-bond acceptors (Lipinski definition) is 5. The Kier molecular flexibility index (Phi) is 6.25. The molecule has 1 saturated heterocycles. The molecule has 1 aliphatic heterocycles. The Labute approximate surface area is 159 Å². The van der Waals surface area contributed by atoms with E-state index in [1.54, 1.807) is 47.4 Å². The lowest BCUT2D eigenvalue weighted by atomic mass is 9.97. The van der Waals surface area contributed by atoms with Crippen molar-refractivity contribution in [1.29, 1.82) is 0 Å². The van der Waals surface area contributed by atoms with Crippen LogP contribution in [0.5, 0.6) is 0 Å². The van der Waals surface area contributed by atoms with E-state index in [1.165, 1.54) is 4.31 Å². The van der Waals surface area contributed by atoms with E-state index >= 15 is 0 Å². The smallest absolute Gasteiger partial charge is 0.243 e. The van der Waals surface area contributed by atoms with Crippen LogP contribution in [0.3, 0.4) is 0 Å². The zero-order valence-electron chi connectivity index (χ0n) is 15.2. The van der Waals surface area contributed by atoms with Crippen LogP contribution in [0.4, 0.5) is 5.69 Å². The van der Waals surface area contributed by atoms with Gasteiger partial charge in [-0.25, -0.2) is 13.1 Å². The molecule has 0 saturated carbocycles. The van der Waals surface area contributed by atoms with Crippen molar-refractivity contribution >= 4 is 21.6 Å². The first-order chi connectivity index (χ1) is 13.0. The molecule has 3 rings (SSSR count). The van der Waals surface area contributed by atoms with Crippen LogP contribution < -0.4 is 5.32 Å². The standard InChI is InChI=1S/C18H24N4O4S/c1-2-26-14-21-13-16(12-19-21)20-18(23)15-8-10-22(11-9-15)27(24,25)17-6-4-3-5-7-17/h3-7,12-13,15H,2,8-11,14H2,1H3,(H,20,23). The van der Waals surface area contributed by atoms with Crippen molar-refractivity contribution in [3.8, 4) is 0 Å². The molecule has 1 fully saturated rings. The summed E-state index contributed by atoms with van der Waals surface area (Å²) >= 11 is 0. The van der Waals surface area contributed by atoms with E-state index in [2.05, 4.69) is 10.4 Å². The van der Waals surface area contributed by atoms with E-state index in [-0.39, 0.29) is 16.7 Å². The summed E-state index contributed by atoms with van der Waals surface area (Å²) in [4.78, 5) is 12.8. The Hall–Kier alpha value is -2.23. The second-order valence-corrected chi connectivity index (χ2v) is 8.31. The predicted molar refractivity (Wildman–Crippen MR) is 100 cm³/mol. The summed E-state index contributed by atoms with van der Waals surface area (Å²) in [6, 6.07) is 8.38. The van der Waals surface area contributed by atoms with Gasteiger partial charge in [-0.3, -0.25) is 4.79 Å². The maximum absolute atomic E-state index is 12.6. The van der Waals surface area contributed by atoms with Gasteiger partial charge in [-0.05, 0) is 31.9 Å². The van der Waals surface area contributed by atoms with E-state index in [4.69, 9.17) is 4.74 Å². The summed E-state index contributed by atoms with van der Waals surface area (Å²) in [6.07, 6.45) is 4.27. The van der Waals surface area contributed by atoms with Crippen molar-refractivity contribution < 1.29 is 17.9 Å². The van der Waals surface area contributed by atoms with Gasteiger partial charge in [-0.2, -0.15) is 9.40 Å². The average Bonchev–Trinajstić information content (AvgIpc) is 3.14. The minimum atomic E-state index is -3.50. The number of benzene rings is 1. The lowest BCUT2D eigenvalue weighted by molar-refractivity contribution is -0.120. The van der Waals surface area contributed by atoms with Crippen molar-refractivity contribution in [2.45, 2.75) is 31.4 Å². The number of hydrogen-bond donors (Lipinski definition) is 1. The number of amides is 1. The fourth-order valence-electron chi connectivity index (χ4n) is 3.03. The van der Waals surface area contributed by atoms with Gasteiger partial charge >= 0.3 is 0 Å². The first kappa shape index (κ1) is 19.5. The van der Waals surface area contributed by atoms with Gasteiger partial charge in [0.2, 0.25) is 15.9 Å². The van der Waals surface area contributed by atoms with Crippen LogP contribution >= 0.6 is 0 Å². The number of carbonyl (C=O) groups excluding carboxylic acids is 1. The normalized spacial score (nSPS) is 16.3. The number of nitrogens with one attached hydrogen (secondary N) is 1. The number of sulfonamides is 1. The first-order valence-corrected chi connectivity index (χ1v) is 10.4. The Balaban J connectivity index is 1.54. The molecule has 0 bridgehead atoms. The third-order valence-corrected chi connectivity index (χ3v) is 6.45. The molecule has 2 heterocycles. The summed E-state index contributed by atoms with van der Waals surface area (Å²) in [5.74, 6) is -0.329. The van der Waals surface area contributed by atoms with Crippen molar-refractivity contribution in [3.63, 3.8) is 0 Å². The summed E-state index contributed by atoms with van der Waals surface area (Å²) in [6.45, 7) is 3.49. The largest absolute Gasteiger partial charge is 0.360 e. The number of carbonyl (C=O) groups is 1. The zero-order valence-corrected chi connectivity index (χ0v) is 16.1. The van der Waals surface area contributed by atoms with Crippen molar-refractivity contribution in [3.05, 3.63) is 42.7 Å². The number of ether oxygens (including phenoxy) is 1. The Bertz CT molecular complexity index is 858. The highest BCUT2D eigenvalue weighted by atomic mass is 32.2. The maximum atomic E-state index is 12.6. The minimum Gasteiger partial charge on any atom is -0.360 e. The highest BCUT2D eigenvalue weighted by Crippen LogP contribution is 2.24. The Morgan fingerprint density at radius 1 is 1.26 bits per heavy atom. The van der Waals surface area contributed by atoms with E-state index in [9.17, 15) is 13.2 Å². The molecule has 0 atom stereocenters. The summed E-state index contributed by atoms with van der Waals surface area (Å²) in [7, 11) is -3.50. The topological polar surface area (TPSA) is 93.5 Å². The van der Waals surface area contributed by atoms with Crippen molar-refractivity contribution in [1.82, 2.24) is 14.1 Å². The van der Waals surface area contributed by atoms with Crippen LogP contribution in [0.1, 0.15) is 19.8 Å². The first-order valence-electron chi connectivity index (χ1n) is 8.97. The lowest BCUT2D eigenvalue weighted by Gasteiger charge is -2.30. The zero-order chi connectivity index (χ0) is 19.3. The number of rotatable bonds is 7. The van der Waals surface area contributed by atoms with Gasteiger partial charge < -0.3 is 10.1 Å². The fraction of sp³-hybridized carbons (Fsp3) is 0.444. The Morgan fingerprint density at radius 3 is 2.63 bits per heavy atom. The second-order valence-electron chi connectivity index (χ2n) is 6.37. The van der Waals surface area contributed by atoms with Crippen LogP contribution in [0, 0.1) is 5.92 Å². The molecule has 0 aliphatic carbocycles. The summed E-state index contributed by atoms with van der Waals surface area (Å²) in [5.41, 5.74) is 0.610. The molecule has 8 nitrogen and oxygen atoms in total. The lowest BCUT2D eigenvalue weighted by Crippen LogP contribution is -2.41. The number of anilines is 1. The molecule has 1 N–H and O–H groups in total. The summed E-state index contributed by atoms with van der Waals surface area (Å²) in [5, 5.41) is 6.97. The summed E-state index contributed by atoms with van der Waals surface area (Å²) < 4.78 is 33.6. The van der Waals surface area contributed by atoms with Gasteiger partial charge in [0, 0.05) is 25.6 Å². The second kappa shape index (κ2) is 8.64.